The summed E-state index contributed by atoms with van der Waals surface area (Å²) in [7, 11) is 0. The van der Waals surface area contributed by atoms with E-state index in [1.165, 1.54) is 6.08 Å². The highest BCUT2D eigenvalue weighted by Gasteiger charge is 2.23. The van der Waals surface area contributed by atoms with Crippen molar-refractivity contribution in [2.24, 2.45) is 0 Å². The van der Waals surface area contributed by atoms with Crippen molar-refractivity contribution in [2.45, 2.75) is 13.8 Å². The predicted molar refractivity (Wildman–Crippen MR) is 88.6 cm³/mol. The molecule has 0 fully saturated rings. The van der Waals surface area contributed by atoms with E-state index in [1.54, 1.807) is 25.2 Å². The third-order valence-corrected chi connectivity index (χ3v) is 3.16. The summed E-state index contributed by atoms with van der Waals surface area (Å²) in [4.78, 5) is 16.7. The maximum Gasteiger partial charge on any atom is 0.336 e. The van der Waals surface area contributed by atoms with Crippen molar-refractivity contribution in [3.8, 4) is 5.75 Å². The third kappa shape index (κ3) is 3.80. The predicted octanol–water partition coefficient (Wildman–Crippen LogP) is 3.67. The van der Waals surface area contributed by atoms with Crippen LogP contribution in [0, 0.1) is 6.57 Å². The Bertz CT molecular complexity index is 711. The molecule has 23 heavy (non-hydrogen) atoms. The first-order chi connectivity index (χ1) is 11.2. The van der Waals surface area contributed by atoms with Crippen molar-refractivity contribution < 1.29 is 14.3 Å². The number of carbonyl (C=O) groups is 1. The Morgan fingerprint density at radius 2 is 2.13 bits per heavy atom. The smallest absolute Gasteiger partial charge is 0.336 e. The second kappa shape index (κ2) is 7.85. The SMILES string of the molecule is [C-]#[N+]C(=CC=CC=C1Oc2ccccc2N1CC)C(=O)OCC. The Labute approximate surface area is 135 Å². The van der Waals surface area contributed by atoms with Gasteiger partial charge in [0.1, 0.15) is 0 Å². The van der Waals surface area contributed by atoms with Gasteiger partial charge in [0.25, 0.3) is 5.70 Å². The van der Waals surface area contributed by atoms with Gasteiger partial charge in [-0.2, -0.15) is 0 Å². The largest absolute Gasteiger partial charge is 0.471 e. The first kappa shape index (κ1) is 16.4. The molecule has 1 aromatic carbocycles. The molecule has 0 N–H and O–H groups in total. The minimum absolute atomic E-state index is 0.0514. The van der Waals surface area contributed by atoms with Crippen LogP contribution in [0.1, 0.15) is 13.8 Å². The zero-order valence-corrected chi connectivity index (χ0v) is 13.2. The van der Waals surface area contributed by atoms with Gasteiger partial charge in [0.2, 0.25) is 5.88 Å². The lowest BCUT2D eigenvalue weighted by Crippen LogP contribution is -2.18. The van der Waals surface area contributed by atoms with Crippen LogP contribution < -0.4 is 9.64 Å². The number of allylic oxidation sites excluding steroid dienone is 4. The van der Waals surface area contributed by atoms with Crippen molar-refractivity contribution in [3.63, 3.8) is 0 Å². The lowest BCUT2D eigenvalue weighted by molar-refractivity contribution is -0.138. The molecule has 2 rings (SSSR count). The van der Waals surface area contributed by atoms with E-state index >= 15 is 0 Å². The van der Waals surface area contributed by atoms with Crippen LogP contribution in [0.15, 0.2) is 60.1 Å². The molecule has 5 nitrogen and oxygen atoms in total. The summed E-state index contributed by atoms with van der Waals surface area (Å²) in [6.45, 7) is 11.8. The molecule has 0 spiro atoms. The number of ether oxygens (including phenoxy) is 2. The summed E-state index contributed by atoms with van der Waals surface area (Å²) >= 11 is 0. The number of para-hydroxylation sites is 2. The van der Waals surface area contributed by atoms with Gasteiger partial charge in [-0.25, -0.2) is 4.85 Å². The van der Waals surface area contributed by atoms with E-state index in [2.05, 4.69) is 4.85 Å². The molecule has 1 aromatic rings. The maximum absolute atomic E-state index is 11.5. The maximum atomic E-state index is 11.5. The van der Waals surface area contributed by atoms with Crippen LogP contribution in [-0.4, -0.2) is 19.1 Å². The number of carbonyl (C=O) groups excluding carboxylic acids is 1. The molecular weight excluding hydrogens is 292 g/mol. The minimum Gasteiger partial charge on any atom is -0.471 e. The molecule has 0 radical (unpaired) electrons. The Kier molecular flexibility index (Phi) is 5.59. The number of anilines is 1. The molecule has 5 heteroatoms. The molecule has 0 saturated carbocycles. The molecule has 1 aliphatic heterocycles. The molecule has 118 valence electrons. The quantitative estimate of drug-likeness (QED) is 0.360. The van der Waals surface area contributed by atoms with Gasteiger partial charge in [0.15, 0.2) is 5.75 Å². The van der Waals surface area contributed by atoms with Gasteiger partial charge in [-0.1, -0.05) is 24.3 Å². The van der Waals surface area contributed by atoms with Crippen molar-refractivity contribution >= 4 is 11.7 Å². The van der Waals surface area contributed by atoms with Gasteiger partial charge in [-0.05, 0) is 38.1 Å². The summed E-state index contributed by atoms with van der Waals surface area (Å²) in [5.74, 6) is 0.913. The molecule has 0 saturated heterocycles. The number of hydrogen-bond donors (Lipinski definition) is 0. The van der Waals surface area contributed by atoms with Gasteiger partial charge in [0.05, 0.1) is 18.9 Å². The van der Waals surface area contributed by atoms with Crippen LogP contribution in [-0.2, 0) is 9.53 Å². The van der Waals surface area contributed by atoms with Gasteiger partial charge >= 0.3 is 5.97 Å². The summed E-state index contributed by atoms with van der Waals surface area (Å²) in [5, 5.41) is 0. The van der Waals surface area contributed by atoms with E-state index in [0.717, 1.165) is 18.0 Å². The molecule has 0 aliphatic carbocycles. The zero-order chi connectivity index (χ0) is 16.7. The molecule has 0 unspecified atom stereocenters. The van der Waals surface area contributed by atoms with E-state index in [-0.39, 0.29) is 12.3 Å². The lowest BCUT2D eigenvalue weighted by Gasteiger charge is -2.14. The molecular formula is C18H18N2O3. The second-order valence-electron chi connectivity index (χ2n) is 4.59. The van der Waals surface area contributed by atoms with Crippen LogP contribution in [0.4, 0.5) is 5.69 Å². The van der Waals surface area contributed by atoms with Gasteiger partial charge in [0, 0.05) is 6.54 Å². The van der Waals surface area contributed by atoms with E-state index in [9.17, 15) is 4.79 Å². The summed E-state index contributed by atoms with van der Waals surface area (Å²) < 4.78 is 10.6. The average Bonchev–Trinajstić information content (AvgIpc) is 2.92. The third-order valence-electron chi connectivity index (χ3n) is 3.16. The van der Waals surface area contributed by atoms with Crippen LogP contribution in [0.25, 0.3) is 4.85 Å². The fourth-order valence-electron chi connectivity index (χ4n) is 2.14. The summed E-state index contributed by atoms with van der Waals surface area (Å²) in [5.41, 5.74) is 0.975. The van der Waals surface area contributed by atoms with Crippen molar-refractivity contribution in [1.82, 2.24) is 0 Å². The highest BCUT2D eigenvalue weighted by Crippen LogP contribution is 2.38. The van der Waals surface area contributed by atoms with Crippen molar-refractivity contribution in [1.29, 1.82) is 0 Å². The number of nitrogens with zero attached hydrogens (tertiary/aromatic N) is 2. The van der Waals surface area contributed by atoms with E-state index in [1.807, 2.05) is 36.1 Å². The van der Waals surface area contributed by atoms with Crippen LogP contribution in [0.2, 0.25) is 0 Å². The lowest BCUT2D eigenvalue weighted by atomic mass is 10.3. The van der Waals surface area contributed by atoms with Crippen LogP contribution in [0.3, 0.4) is 0 Å². The number of benzene rings is 1. The number of esters is 1. The Balaban J connectivity index is 2.12. The zero-order valence-electron chi connectivity index (χ0n) is 13.2. The van der Waals surface area contributed by atoms with Crippen molar-refractivity contribution in [3.05, 3.63) is 71.6 Å². The molecule has 0 bridgehead atoms. The van der Waals surface area contributed by atoms with Crippen LogP contribution >= 0.6 is 0 Å². The number of fused-ring (bicyclic) bond motifs is 1. The monoisotopic (exact) mass is 310 g/mol. The number of rotatable bonds is 5. The first-order valence-electron chi connectivity index (χ1n) is 7.38. The summed E-state index contributed by atoms with van der Waals surface area (Å²) in [6.07, 6.45) is 6.58. The standard InChI is InChI=1S/C18H18N2O3/c1-4-20-15-11-7-8-12-16(15)23-17(20)13-9-6-10-14(19-3)18(21)22-5-2/h6-13H,4-5H2,1-2H3. The Morgan fingerprint density at radius 3 is 2.83 bits per heavy atom. The van der Waals surface area contributed by atoms with Gasteiger partial charge < -0.3 is 14.4 Å². The first-order valence-corrected chi connectivity index (χ1v) is 7.38. The van der Waals surface area contributed by atoms with E-state index in [4.69, 9.17) is 16.0 Å². The van der Waals surface area contributed by atoms with Crippen molar-refractivity contribution in [2.75, 3.05) is 18.1 Å². The second-order valence-corrected chi connectivity index (χ2v) is 4.59. The molecule has 0 aromatic heterocycles. The van der Waals surface area contributed by atoms with Crippen LogP contribution in [0.5, 0.6) is 5.75 Å². The van der Waals surface area contributed by atoms with E-state index in [0.29, 0.717) is 5.88 Å². The highest BCUT2D eigenvalue weighted by molar-refractivity contribution is 5.90. The molecule has 1 aliphatic rings. The topological polar surface area (TPSA) is 43.1 Å². The van der Waals surface area contributed by atoms with Gasteiger partial charge in [-0.15, -0.1) is 0 Å². The highest BCUT2D eigenvalue weighted by atomic mass is 16.5. The van der Waals surface area contributed by atoms with E-state index < -0.39 is 5.97 Å². The van der Waals surface area contributed by atoms with Gasteiger partial charge in [-0.3, -0.25) is 4.79 Å². The fourth-order valence-corrected chi connectivity index (χ4v) is 2.14. The normalized spacial score (nSPS) is 15.4. The molecule has 0 amide bonds. The fraction of sp³-hybridized carbons (Fsp3) is 0.222. The average molecular weight is 310 g/mol. The Hall–Kier alpha value is -3.00. The number of hydrogen-bond acceptors (Lipinski definition) is 4. The molecule has 1 heterocycles. The Morgan fingerprint density at radius 1 is 1.35 bits per heavy atom. The summed E-state index contributed by atoms with van der Waals surface area (Å²) in [6, 6.07) is 7.81. The molecule has 0 atom stereocenters. The minimum atomic E-state index is -0.612.